The number of carbonyl (C=O) groups is 2. The maximum atomic E-state index is 12.6. The molecule has 1 aromatic heterocycles. The molecule has 0 spiro atoms. The molecule has 0 saturated carbocycles. The lowest BCUT2D eigenvalue weighted by Gasteiger charge is -2.32. The van der Waals surface area contributed by atoms with E-state index in [0.29, 0.717) is 17.4 Å². The molecule has 0 fully saturated rings. The van der Waals surface area contributed by atoms with E-state index in [1.165, 1.54) is 35.4 Å². The van der Waals surface area contributed by atoms with Crippen molar-refractivity contribution in [3.05, 3.63) is 76.2 Å². The fourth-order valence-corrected chi connectivity index (χ4v) is 5.34. The molecule has 0 bridgehead atoms. The summed E-state index contributed by atoms with van der Waals surface area (Å²) in [6, 6.07) is 12.0. The number of aromatic hydroxyl groups is 1. The van der Waals surface area contributed by atoms with Crippen LogP contribution in [0.2, 0.25) is 0 Å². The topological polar surface area (TPSA) is 125 Å². The van der Waals surface area contributed by atoms with Gasteiger partial charge in [0.1, 0.15) is 11.3 Å². The first-order chi connectivity index (χ1) is 17.7. The Labute approximate surface area is 226 Å². The first kappa shape index (κ1) is 27.1. The summed E-state index contributed by atoms with van der Waals surface area (Å²) in [7, 11) is 0. The van der Waals surface area contributed by atoms with Crippen molar-refractivity contribution in [1.82, 2.24) is 10.5 Å². The Kier molecular flexibility index (Phi) is 6.92. The molecule has 1 atom stereocenters. The summed E-state index contributed by atoms with van der Waals surface area (Å²) >= 11 is 5.15. The standard InChI is InChI=1S/C29H31N3O5S/c1-15(17-7-10-21-22(12-17)29(5,6)16(2)28(21,3)4)11-19-14-23(32-37-19)25(34)31-27(38)30-18-8-9-20(26(35)36)24(33)13-18/h7-14,16,33H,1-6H3,(H,35,36)(H2,30,31,34,38)/b15-11+. The smallest absolute Gasteiger partial charge is 0.339 e. The second-order valence-electron chi connectivity index (χ2n) is 10.8. The number of nitrogens with one attached hydrogen (secondary N) is 2. The number of benzene rings is 2. The SMILES string of the molecule is C/C(=C\c1cc(C(=O)NC(=S)Nc2ccc(C(=O)O)c(O)c2)no1)c1ccc2c(c1)C(C)(C)C(C)C2(C)C. The predicted octanol–water partition coefficient (Wildman–Crippen LogP) is 5.97. The second kappa shape index (κ2) is 9.72. The number of aromatic nitrogens is 1. The van der Waals surface area contributed by atoms with E-state index in [1.54, 1.807) is 0 Å². The first-order valence-electron chi connectivity index (χ1n) is 12.2. The van der Waals surface area contributed by atoms with E-state index >= 15 is 0 Å². The van der Waals surface area contributed by atoms with Gasteiger partial charge in [-0.1, -0.05) is 58.0 Å². The van der Waals surface area contributed by atoms with Gasteiger partial charge in [-0.2, -0.15) is 0 Å². The van der Waals surface area contributed by atoms with Gasteiger partial charge in [-0.25, -0.2) is 4.79 Å². The van der Waals surface area contributed by atoms with Crippen LogP contribution in [-0.4, -0.2) is 32.4 Å². The number of carboxylic acid groups (broad SMARTS) is 1. The minimum atomic E-state index is -1.25. The molecule has 9 heteroatoms. The number of carbonyl (C=O) groups excluding carboxylic acids is 1. The molecule has 0 saturated heterocycles. The summed E-state index contributed by atoms with van der Waals surface area (Å²) in [5.41, 5.74) is 5.04. The molecule has 1 heterocycles. The monoisotopic (exact) mass is 533 g/mol. The third-order valence-corrected chi connectivity index (χ3v) is 8.07. The molecule has 1 unspecified atom stereocenters. The molecule has 4 rings (SSSR count). The predicted molar refractivity (Wildman–Crippen MR) is 150 cm³/mol. The normalized spacial score (nSPS) is 17.5. The van der Waals surface area contributed by atoms with E-state index in [1.807, 2.05) is 13.0 Å². The zero-order valence-corrected chi connectivity index (χ0v) is 23.0. The molecule has 0 aliphatic heterocycles. The lowest BCUT2D eigenvalue weighted by molar-refractivity contribution is 0.0693. The van der Waals surface area contributed by atoms with Crippen molar-refractivity contribution in [3.63, 3.8) is 0 Å². The molecule has 1 amide bonds. The third-order valence-electron chi connectivity index (χ3n) is 7.86. The van der Waals surface area contributed by atoms with Crippen LogP contribution in [0.1, 0.15) is 84.8 Å². The number of amides is 1. The van der Waals surface area contributed by atoms with Crippen molar-refractivity contribution in [1.29, 1.82) is 0 Å². The molecule has 1 aliphatic rings. The Balaban J connectivity index is 1.45. The van der Waals surface area contributed by atoms with Crippen molar-refractivity contribution in [3.8, 4) is 5.75 Å². The summed E-state index contributed by atoms with van der Waals surface area (Å²) in [5.74, 6) is -1.34. The van der Waals surface area contributed by atoms with Crippen LogP contribution in [0.25, 0.3) is 11.6 Å². The Hall–Kier alpha value is -3.98. The van der Waals surface area contributed by atoms with Crippen molar-refractivity contribution in [2.45, 2.75) is 52.4 Å². The number of thiocarbonyl (C=S) groups is 1. The van der Waals surface area contributed by atoms with Crippen LogP contribution in [0.15, 0.2) is 47.0 Å². The summed E-state index contributed by atoms with van der Waals surface area (Å²) in [5, 5.41) is 27.8. The number of hydrogen-bond acceptors (Lipinski definition) is 6. The number of hydrogen-bond donors (Lipinski definition) is 4. The average Bonchev–Trinajstić information content (AvgIpc) is 3.35. The largest absolute Gasteiger partial charge is 0.507 e. The van der Waals surface area contributed by atoms with Gasteiger partial charge in [-0.3, -0.25) is 10.1 Å². The van der Waals surface area contributed by atoms with Gasteiger partial charge in [0.15, 0.2) is 16.6 Å². The van der Waals surface area contributed by atoms with Gasteiger partial charge < -0.3 is 20.1 Å². The Morgan fingerprint density at radius 1 is 1.05 bits per heavy atom. The van der Waals surface area contributed by atoms with Crippen LogP contribution in [0, 0.1) is 5.92 Å². The molecule has 0 radical (unpaired) electrons. The van der Waals surface area contributed by atoms with Gasteiger partial charge in [0.2, 0.25) is 0 Å². The molecule has 198 valence electrons. The Morgan fingerprint density at radius 3 is 2.39 bits per heavy atom. The Morgan fingerprint density at radius 2 is 1.74 bits per heavy atom. The number of phenols is 1. The van der Waals surface area contributed by atoms with Crippen molar-refractivity contribution >= 4 is 46.5 Å². The van der Waals surface area contributed by atoms with Gasteiger partial charge in [-0.05, 0) is 76.4 Å². The maximum Gasteiger partial charge on any atom is 0.339 e. The van der Waals surface area contributed by atoms with E-state index in [4.69, 9.17) is 21.8 Å². The number of fused-ring (bicyclic) bond motifs is 1. The lowest BCUT2D eigenvalue weighted by atomic mass is 9.71. The number of allylic oxidation sites excluding steroid dienone is 1. The number of carboxylic acids is 1. The number of rotatable bonds is 5. The molecule has 3 aromatic rings. The van der Waals surface area contributed by atoms with Gasteiger partial charge in [-0.15, -0.1) is 0 Å². The van der Waals surface area contributed by atoms with E-state index in [0.717, 1.165) is 11.1 Å². The van der Waals surface area contributed by atoms with Gasteiger partial charge >= 0.3 is 5.97 Å². The van der Waals surface area contributed by atoms with Crippen LogP contribution in [0.4, 0.5) is 5.69 Å². The number of anilines is 1. The summed E-state index contributed by atoms with van der Waals surface area (Å²) in [4.78, 5) is 23.6. The Bertz CT molecular complexity index is 1490. The van der Waals surface area contributed by atoms with E-state index in [9.17, 15) is 14.7 Å². The fourth-order valence-electron chi connectivity index (χ4n) is 5.13. The number of nitrogens with zero attached hydrogens (tertiary/aromatic N) is 1. The number of aromatic carboxylic acids is 1. The zero-order chi connectivity index (χ0) is 28.0. The maximum absolute atomic E-state index is 12.6. The van der Waals surface area contributed by atoms with Crippen molar-refractivity contribution in [2.75, 3.05) is 5.32 Å². The quantitative estimate of drug-likeness (QED) is 0.296. The summed E-state index contributed by atoms with van der Waals surface area (Å²) < 4.78 is 5.37. The highest BCUT2D eigenvalue weighted by molar-refractivity contribution is 7.80. The first-order valence-corrected chi connectivity index (χ1v) is 12.6. The molecular weight excluding hydrogens is 502 g/mol. The second-order valence-corrected chi connectivity index (χ2v) is 11.2. The third kappa shape index (κ3) is 4.93. The molecule has 8 nitrogen and oxygen atoms in total. The highest BCUT2D eigenvalue weighted by atomic mass is 32.1. The van der Waals surface area contributed by atoms with Crippen molar-refractivity contribution < 1.29 is 24.3 Å². The molecule has 2 aromatic carbocycles. The van der Waals surface area contributed by atoms with E-state index < -0.39 is 17.6 Å². The minimum Gasteiger partial charge on any atom is -0.507 e. The van der Waals surface area contributed by atoms with Crippen LogP contribution in [0.3, 0.4) is 0 Å². The van der Waals surface area contributed by atoms with Gasteiger partial charge in [0.25, 0.3) is 5.91 Å². The molecular formula is C29H31N3O5S. The van der Waals surface area contributed by atoms with Crippen LogP contribution in [-0.2, 0) is 10.8 Å². The summed E-state index contributed by atoms with van der Waals surface area (Å²) in [6.07, 6.45) is 1.84. The van der Waals surface area contributed by atoms with Crippen LogP contribution in [0.5, 0.6) is 5.75 Å². The molecule has 4 N–H and O–H groups in total. The van der Waals surface area contributed by atoms with Crippen LogP contribution < -0.4 is 10.6 Å². The molecule has 1 aliphatic carbocycles. The van der Waals surface area contributed by atoms with Crippen LogP contribution >= 0.6 is 12.2 Å². The minimum absolute atomic E-state index is 0.0444. The highest BCUT2D eigenvalue weighted by Gasteiger charge is 2.48. The lowest BCUT2D eigenvalue weighted by Crippen LogP contribution is -2.34. The van der Waals surface area contributed by atoms with E-state index in [2.05, 4.69) is 68.6 Å². The van der Waals surface area contributed by atoms with Gasteiger partial charge in [0, 0.05) is 17.8 Å². The van der Waals surface area contributed by atoms with Crippen molar-refractivity contribution in [2.24, 2.45) is 5.92 Å². The molecule has 38 heavy (non-hydrogen) atoms. The fraction of sp³-hybridized carbons (Fsp3) is 0.310. The summed E-state index contributed by atoms with van der Waals surface area (Å²) in [6.45, 7) is 13.5. The van der Waals surface area contributed by atoms with E-state index in [-0.39, 0.29) is 27.2 Å². The zero-order valence-electron chi connectivity index (χ0n) is 22.2. The average molecular weight is 534 g/mol. The van der Waals surface area contributed by atoms with Gasteiger partial charge in [0.05, 0.1) is 0 Å². The highest BCUT2D eigenvalue weighted by Crippen LogP contribution is 2.53.